The monoisotopic (exact) mass is 394 g/mol. The molecule has 1 aromatic carbocycles. The minimum absolute atomic E-state index is 0.0134. The van der Waals surface area contributed by atoms with Gasteiger partial charge in [-0.2, -0.15) is 4.31 Å². The molecule has 0 radical (unpaired) electrons. The average molecular weight is 395 g/mol. The Balaban J connectivity index is 1.63. The van der Waals surface area contributed by atoms with E-state index in [1.165, 1.54) is 4.31 Å². The lowest BCUT2D eigenvalue weighted by molar-refractivity contribution is -0.140. The highest BCUT2D eigenvalue weighted by molar-refractivity contribution is 7.89. The summed E-state index contributed by atoms with van der Waals surface area (Å²) < 4.78 is 32.7. The van der Waals surface area contributed by atoms with Crippen molar-refractivity contribution < 1.29 is 17.9 Å². The van der Waals surface area contributed by atoms with Crippen LogP contribution in [-0.2, 0) is 25.0 Å². The van der Waals surface area contributed by atoms with E-state index in [0.29, 0.717) is 57.1 Å². The minimum atomic E-state index is -3.51. The summed E-state index contributed by atoms with van der Waals surface area (Å²) in [7, 11) is -3.51. The summed E-state index contributed by atoms with van der Waals surface area (Å²) in [5.74, 6) is 0.0581. The van der Waals surface area contributed by atoms with E-state index in [-0.39, 0.29) is 17.2 Å². The van der Waals surface area contributed by atoms with Gasteiger partial charge in [0.25, 0.3) is 0 Å². The summed E-state index contributed by atoms with van der Waals surface area (Å²) in [4.78, 5) is 14.8. The van der Waals surface area contributed by atoms with Crippen molar-refractivity contribution in [1.29, 1.82) is 0 Å². The fraction of sp³-hybridized carbons (Fsp3) is 0.650. The lowest BCUT2D eigenvalue weighted by Gasteiger charge is -2.35. The number of sulfonamides is 1. The van der Waals surface area contributed by atoms with E-state index in [9.17, 15) is 13.2 Å². The predicted octanol–water partition coefficient (Wildman–Crippen LogP) is 2.24. The Kier molecular flexibility index (Phi) is 5.93. The predicted molar refractivity (Wildman–Crippen MR) is 104 cm³/mol. The van der Waals surface area contributed by atoms with Gasteiger partial charge in [0.2, 0.25) is 15.9 Å². The van der Waals surface area contributed by atoms with Crippen LogP contribution in [0.4, 0.5) is 0 Å². The molecule has 6 nitrogen and oxygen atoms in total. The van der Waals surface area contributed by atoms with Gasteiger partial charge in [-0.15, -0.1) is 0 Å². The van der Waals surface area contributed by atoms with Gasteiger partial charge in [-0.25, -0.2) is 8.42 Å². The SMILES string of the molecule is CC(C)(C)c1ccc(S(=O)(=O)N2CCC(C(=O)N3CCOCC3)CC2)cc1. The molecule has 2 aliphatic heterocycles. The van der Waals surface area contributed by atoms with Crippen molar-refractivity contribution in [2.24, 2.45) is 5.92 Å². The molecule has 150 valence electrons. The van der Waals surface area contributed by atoms with Crippen LogP contribution in [0.2, 0.25) is 0 Å². The number of hydrogen-bond donors (Lipinski definition) is 0. The molecular weight excluding hydrogens is 364 g/mol. The number of ether oxygens (including phenoxy) is 1. The van der Waals surface area contributed by atoms with E-state index in [1.54, 1.807) is 12.1 Å². The maximum atomic E-state index is 12.9. The third-order valence-electron chi connectivity index (χ3n) is 5.48. The van der Waals surface area contributed by atoms with E-state index in [1.807, 2.05) is 17.0 Å². The topological polar surface area (TPSA) is 66.9 Å². The van der Waals surface area contributed by atoms with Crippen LogP contribution < -0.4 is 0 Å². The number of carbonyl (C=O) groups is 1. The van der Waals surface area contributed by atoms with Gasteiger partial charge in [0.15, 0.2) is 0 Å². The molecule has 0 spiro atoms. The van der Waals surface area contributed by atoms with Crippen LogP contribution in [0.25, 0.3) is 0 Å². The number of carbonyl (C=O) groups excluding carboxylic acids is 1. The minimum Gasteiger partial charge on any atom is -0.378 e. The fourth-order valence-electron chi connectivity index (χ4n) is 3.66. The maximum Gasteiger partial charge on any atom is 0.243 e. The van der Waals surface area contributed by atoms with Crippen molar-refractivity contribution in [2.75, 3.05) is 39.4 Å². The van der Waals surface area contributed by atoms with Crippen molar-refractivity contribution in [2.45, 2.75) is 43.9 Å². The molecule has 0 aromatic heterocycles. The van der Waals surface area contributed by atoms with Crippen molar-refractivity contribution in [3.8, 4) is 0 Å². The number of amides is 1. The van der Waals surface area contributed by atoms with Crippen molar-refractivity contribution >= 4 is 15.9 Å². The molecule has 7 heteroatoms. The van der Waals surface area contributed by atoms with Crippen molar-refractivity contribution in [1.82, 2.24) is 9.21 Å². The molecule has 0 atom stereocenters. The number of nitrogens with zero attached hydrogens (tertiary/aromatic N) is 2. The Hall–Kier alpha value is -1.44. The molecule has 3 rings (SSSR count). The summed E-state index contributed by atoms with van der Waals surface area (Å²) in [6, 6.07) is 7.17. The molecule has 27 heavy (non-hydrogen) atoms. The average Bonchev–Trinajstić information content (AvgIpc) is 2.67. The Labute approximate surface area is 162 Å². The second-order valence-electron chi connectivity index (χ2n) is 8.39. The normalized spacial score (nSPS) is 20.6. The standard InChI is InChI=1S/C20H30N2O4S/c1-20(2,3)17-4-6-18(7-5-17)27(24,25)22-10-8-16(9-11-22)19(23)21-12-14-26-15-13-21/h4-7,16H,8-15H2,1-3H3. The molecule has 2 heterocycles. The molecule has 2 aliphatic rings. The number of piperidine rings is 1. The molecule has 0 saturated carbocycles. The second kappa shape index (κ2) is 7.89. The fourth-order valence-corrected chi connectivity index (χ4v) is 5.13. The highest BCUT2D eigenvalue weighted by Crippen LogP contribution is 2.28. The lowest BCUT2D eigenvalue weighted by atomic mass is 9.87. The van der Waals surface area contributed by atoms with Crippen LogP contribution in [0.5, 0.6) is 0 Å². The van der Waals surface area contributed by atoms with Gasteiger partial charge in [0.05, 0.1) is 18.1 Å². The first-order valence-corrected chi connectivity index (χ1v) is 11.1. The van der Waals surface area contributed by atoms with E-state index < -0.39 is 10.0 Å². The van der Waals surface area contributed by atoms with E-state index >= 15 is 0 Å². The first kappa shape index (κ1) is 20.3. The molecule has 2 fully saturated rings. The molecular formula is C20H30N2O4S. The largest absolute Gasteiger partial charge is 0.378 e. The Morgan fingerprint density at radius 3 is 2.07 bits per heavy atom. The van der Waals surface area contributed by atoms with Gasteiger partial charge in [-0.1, -0.05) is 32.9 Å². The van der Waals surface area contributed by atoms with Crippen LogP contribution in [0.1, 0.15) is 39.2 Å². The number of hydrogen-bond acceptors (Lipinski definition) is 4. The van der Waals surface area contributed by atoms with Gasteiger partial charge >= 0.3 is 0 Å². The summed E-state index contributed by atoms with van der Waals surface area (Å²) in [6.45, 7) is 9.54. The van der Waals surface area contributed by atoms with Crippen LogP contribution in [-0.4, -0.2) is 62.9 Å². The van der Waals surface area contributed by atoms with Gasteiger partial charge in [0.1, 0.15) is 0 Å². The Morgan fingerprint density at radius 1 is 1.00 bits per heavy atom. The smallest absolute Gasteiger partial charge is 0.243 e. The number of benzene rings is 1. The third kappa shape index (κ3) is 4.52. The van der Waals surface area contributed by atoms with Crippen molar-refractivity contribution in [3.63, 3.8) is 0 Å². The van der Waals surface area contributed by atoms with Gasteiger partial charge in [-0.3, -0.25) is 4.79 Å². The number of morpholine rings is 1. The zero-order valence-electron chi connectivity index (χ0n) is 16.5. The van der Waals surface area contributed by atoms with Gasteiger partial charge < -0.3 is 9.64 Å². The molecule has 1 amide bonds. The van der Waals surface area contributed by atoms with Crippen LogP contribution in [0.3, 0.4) is 0 Å². The quantitative estimate of drug-likeness (QED) is 0.789. The lowest BCUT2D eigenvalue weighted by Crippen LogP contribution is -2.47. The molecule has 0 aliphatic carbocycles. The van der Waals surface area contributed by atoms with E-state index in [2.05, 4.69) is 20.8 Å². The molecule has 0 bridgehead atoms. The molecule has 1 aromatic rings. The third-order valence-corrected chi connectivity index (χ3v) is 7.40. The van der Waals surface area contributed by atoms with Crippen LogP contribution in [0, 0.1) is 5.92 Å². The Bertz CT molecular complexity index is 754. The zero-order chi connectivity index (χ0) is 19.7. The first-order chi connectivity index (χ1) is 12.7. The second-order valence-corrected chi connectivity index (χ2v) is 10.3. The molecule has 0 unspecified atom stereocenters. The highest BCUT2D eigenvalue weighted by atomic mass is 32.2. The van der Waals surface area contributed by atoms with Gasteiger partial charge in [0, 0.05) is 32.1 Å². The summed E-state index contributed by atoms with van der Waals surface area (Å²) in [6.07, 6.45) is 1.16. The van der Waals surface area contributed by atoms with Crippen LogP contribution in [0.15, 0.2) is 29.2 Å². The van der Waals surface area contributed by atoms with E-state index in [0.717, 1.165) is 5.56 Å². The van der Waals surface area contributed by atoms with Gasteiger partial charge in [-0.05, 0) is 36.0 Å². The molecule has 2 saturated heterocycles. The summed E-state index contributed by atoms with van der Waals surface area (Å²) >= 11 is 0. The summed E-state index contributed by atoms with van der Waals surface area (Å²) in [5, 5.41) is 0. The molecule has 0 N–H and O–H groups in total. The Morgan fingerprint density at radius 2 is 1.56 bits per heavy atom. The maximum absolute atomic E-state index is 12.9. The van der Waals surface area contributed by atoms with Crippen LogP contribution >= 0.6 is 0 Å². The first-order valence-electron chi connectivity index (χ1n) is 9.67. The number of rotatable bonds is 3. The zero-order valence-corrected chi connectivity index (χ0v) is 17.3. The van der Waals surface area contributed by atoms with Crippen molar-refractivity contribution in [3.05, 3.63) is 29.8 Å². The summed E-state index contributed by atoms with van der Waals surface area (Å²) in [5.41, 5.74) is 1.09. The highest BCUT2D eigenvalue weighted by Gasteiger charge is 2.34. The van der Waals surface area contributed by atoms with E-state index in [4.69, 9.17) is 4.74 Å².